The molecule has 1 fully saturated rings. The average Bonchev–Trinajstić information content (AvgIpc) is 3.03. The Labute approximate surface area is 139 Å². The van der Waals surface area contributed by atoms with E-state index in [1.807, 2.05) is 0 Å². The van der Waals surface area contributed by atoms with E-state index in [2.05, 4.69) is 25.3 Å². The summed E-state index contributed by atoms with van der Waals surface area (Å²) >= 11 is 0. The Hall–Kier alpha value is -2.68. The Kier molecular flexibility index (Phi) is 4.90. The zero-order valence-electron chi connectivity index (χ0n) is 13.6. The van der Waals surface area contributed by atoms with Crippen LogP contribution in [0.1, 0.15) is 6.92 Å². The molecule has 24 heavy (non-hydrogen) atoms. The molecule has 0 aromatic carbocycles. The van der Waals surface area contributed by atoms with E-state index >= 15 is 0 Å². The normalized spacial score (nSPS) is 14.6. The molecule has 0 radical (unpaired) electrons. The predicted octanol–water partition coefficient (Wildman–Crippen LogP) is -0.105. The summed E-state index contributed by atoms with van der Waals surface area (Å²) in [4.78, 5) is 22.3. The molecule has 1 saturated heterocycles. The van der Waals surface area contributed by atoms with Gasteiger partial charge >= 0.3 is 5.97 Å². The minimum atomic E-state index is -0.327. The van der Waals surface area contributed by atoms with Crippen LogP contribution in [0.2, 0.25) is 0 Å². The molecule has 2 aromatic heterocycles. The van der Waals surface area contributed by atoms with Gasteiger partial charge in [-0.15, -0.1) is 0 Å². The number of ether oxygens (including phenoxy) is 1. The van der Waals surface area contributed by atoms with E-state index in [0.29, 0.717) is 12.4 Å². The smallest absolute Gasteiger partial charge is 0.327 e. The highest BCUT2D eigenvalue weighted by molar-refractivity contribution is 5.83. The second-order valence-electron chi connectivity index (χ2n) is 5.43. The van der Waals surface area contributed by atoms with Gasteiger partial charge < -0.3 is 20.7 Å². The lowest BCUT2D eigenvalue weighted by Gasteiger charge is -2.29. The van der Waals surface area contributed by atoms with E-state index in [1.54, 1.807) is 19.3 Å². The van der Waals surface area contributed by atoms with Gasteiger partial charge in [-0.2, -0.15) is 5.10 Å². The molecule has 0 spiro atoms. The topological polar surface area (TPSA) is 111 Å². The van der Waals surface area contributed by atoms with Gasteiger partial charge in [0.25, 0.3) is 0 Å². The Bertz CT molecular complexity index is 710. The lowest BCUT2D eigenvalue weighted by molar-refractivity contribution is -0.144. The van der Waals surface area contributed by atoms with Crippen molar-refractivity contribution in [3.05, 3.63) is 18.7 Å². The maximum atomic E-state index is 11.6. The molecule has 1 aliphatic rings. The number of nitrogens with one attached hydrogen (secondary N) is 1. The van der Waals surface area contributed by atoms with Crippen molar-refractivity contribution in [2.24, 2.45) is 0 Å². The van der Waals surface area contributed by atoms with Crippen LogP contribution in [0.3, 0.4) is 0 Å². The molecule has 3 heterocycles. The quantitative estimate of drug-likeness (QED) is 0.730. The summed E-state index contributed by atoms with van der Waals surface area (Å²) in [7, 11) is 0. The average molecular weight is 331 g/mol. The number of hydrogen-bond acceptors (Lipinski definition) is 8. The van der Waals surface area contributed by atoms with Gasteiger partial charge in [0.2, 0.25) is 0 Å². The van der Waals surface area contributed by atoms with E-state index < -0.39 is 0 Å². The Morgan fingerprint density at radius 3 is 2.92 bits per heavy atom. The second-order valence-corrected chi connectivity index (χ2v) is 5.43. The van der Waals surface area contributed by atoms with Gasteiger partial charge in [0.1, 0.15) is 24.5 Å². The first-order valence-electron chi connectivity index (χ1n) is 7.93. The number of anilines is 2. The highest BCUT2D eigenvalue weighted by atomic mass is 16.5. The molecule has 9 heteroatoms. The van der Waals surface area contributed by atoms with Gasteiger partial charge in [-0.05, 0) is 6.92 Å². The van der Waals surface area contributed by atoms with E-state index in [-0.39, 0.29) is 12.5 Å². The summed E-state index contributed by atoms with van der Waals surface area (Å²) in [5, 5.41) is 7.53. The van der Waals surface area contributed by atoms with Crippen molar-refractivity contribution in [2.75, 3.05) is 43.4 Å². The van der Waals surface area contributed by atoms with Gasteiger partial charge in [-0.25, -0.2) is 9.97 Å². The lowest BCUT2D eigenvalue weighted by Crippen LogP contribution is -2.44. The zero-order valence-corrected chi connectivity index (χ0v) is 13.6. The molecule has 0 amide bonds. The van der Waals surface area contributed by atoms with Crippen molar-refractivity contribution in [1.82, 2.24) is 25.1 Å². The molecule has 9 nitrogen and oxygen atoms in total. The maximum Gasteiger partial charge on any atom is 0.327 e. The molecule has 0 aliphatic carbocycles. The minimum Gasteiger partial charge on any atom is -0.465 e. The van der Waals surface area contributed by atoms with Crippen molar-refractivity contribution >= 4 is 17.6 Å². The van der Waals surface area contributed by atoms with Crippen LogP contribution >= 0.6 is 0 Å². The molecule has 0 bridgehead atoms. The van der Waals surface area contributed by atoms with Gasteiger partial charge in [0.15, 0.2) is 0 Å². The first-order chi connectivity index (χ1) is 11.7. The van der Waals surface area contributed by atoms with Crippen molar-refractivity contribution < 1.29 is 9.53 Å². The molecule has 1 aliphatic heterocycles. The van der Waals surface area contributed by atoms with Crippen LogP contribution in [0.25, 0.3) is 11.1 Å². The molecule has 0 saturated carbocycles. The number of hydrogen-bond donors (Lipinski definition) is 2. The van der Waals surface area contributed by atoms with Crippen LogP contribution in [0.15, 0.2) is 18.7 Å². The highest BCUT2D eigenvalue weighted by Crippen LogP contribution is 2.32. The number of carbonyl (C=O) groups is 1. The first kappa shape index (κ1) is 16.2. The van der Waals surface area contributed by atoms with Crippen molar-refractivity contribution in [3.63, 3.8) is 0 Å². The Balaban J connectivity index is 1.88. The first-order valence-corrected chi connectivity index (χ1v) is 7.93. The van der Waals surface area contributed by atoms with Crippen molar-refractivity contribution in [3.8, 4) is 11.1 Å². The number of nitrogens with zero attached hydrogens (tertiary/aromatic N) is 5. The number of nitrogen functional groups attached to an aromatic ring is 1. The third kappa shape index (κ3) is 3.46. The summed E-state index contributed by atoms with van der Waals surface area (Å²) in [5.41, 5.74) is 7.62. The lowest BCUT2D eigenvalue weighted by atomic mass is 10.1. The number of nitrogens with two attached hydrogens (primary N) is 1. The Morgan fingerprint density at radius 1 is 1.38 bits per heavy atom. The van der Waals surface area contributed by atoms with Crippen LogP contribution in [0, 0.1) is 0 Å². The Morgan fingerprint density at radius 2 is 2.17 bits per heavy atom. The van der Waals surface area contributed by atoms with Crippen molar-refractivity contribution in [2.45, 2.75) is 13.5 Å². The molecule has 0 unspecified atom stereocenters. The molecule has 0 atom stereocenters. The molecule has 128 valence electrons. The molecule has 2 aromatic rings. The summed E-state index contributed by atoms with van der Waals surface area (Å²) in [6, 6.07) is 0. The molecule has 3 rings (SSSR count). The molecular weight excluding hydrogens is 310 g/mol. The molecule has 3 N–H and O–H groups in total. The fraction of sp³-hybridized carbons (Fsp3) is 0.467. The van der Waals surface area contributed by atoms with Crippen LogP contribution in [-0.2, 0) is 16.1 Å². The summed E-state index contributed by atoms with van der Waals surface area (Å²) < 4.78 is 6.47. The van der Waals surface area contributed by atoms with E-state index in [1.165, 1.54) is 11.0 Å². The predicted molar refractivity (Wildman–Crippen MR) is 89.4 cm³/mol. The fourth-order valence-electron chi connectivity index (χ4n) is 2.70. The summed E-state index contributed by atoms with van der Waals surface area (Å²) in [6.45, 7) is 5.66. The highest BCUT2D eigenvalue weighted by Gasteiger charge is 2.20. The van der Waals surface area contributed by atoms with Gasteiger partial charge in [-0.1, -0.05) is 0 Å². The van der Waals surface area contributed by atoms with Crippen LogP contribution in [0.4, 0.5) is 11.6 Å². The minimum absolute atomic E-state index is 0.0599. The number of esters is 1. The van der Waals surface area contributed by atoms with Crippen LogP contribution in [0.5, 0.6) is 0 Å². The SMILES string of the molecule is CCOC(=O)Cn1cc(-c2c(N)ncnc2N2CCNCC2)cn1. The van der Waals surface area contributed by atoms with Crippen LogP contribution in [-0.4, -0.2) is 58.5 Å². The van der Waals surface area contributed by atoms with E-state index in [4.69, 9.17) is 10.5 Å². The fourth-order valence-corrected chi connectivity index (χ4v) is 2.70. The summed E-state index contributed by atoms with van der Waals surface area (Å²) in [6.07, 6.45) is 4.90. The number of carbonyl (C=O) groups excluding carboxylic acids is 1. The van der Waals surface area contributed by atoms with E-state index in [9.17, 15) is 4.79 Å². The number of piperazine rings is 1. The standard InChI is InChI=1S/C15H21N7O2/c1-2-24-12(23)9-22-8-11(7-20-22)13-14(16)18-10-19-15(13)21-5-3-17-4-6-21/h7-8,10,17H,2-6,9H2,1H3,(H2,16,18,19). The maximum absolute atomic E-state index is 11.6. The second kappa shape index (κ2) is 7.26. The third-order valence-electron chi connectivity index (χ3n) is 3.79. The third-order valence-corrected chi connectivity index (χ3v) is 3.79. The van der Waals surface area contributed by atoms with Crippen molar-refractivity contribution in [1.29, 1.82) is 0 Å². The molecular formula is C15H21N7O2. The van der Waals surface area contributed by atoms with E-state index in [0.717, 1.165) is 43.1 Å². The summed E-state index contributed by atoms with van der Waals surface area (Å²) in [5.74, 6) is 0.862. The largest absolute Gasteiger partial charge is 0.465 e. The van der Waals surface area contributed by atoms with Gasteiger partial charge in [0, 0.05) is 37.9 Å². The zero-order chi connectivity index (χ0) is 16.9. The van der Waals surface area contributed by atoms with Gasteiger partial charge in [-0.3, -0.25) is 9.48 Å². The van der Waals surface area contributed by atoms with Crippen LogP contribution < -0.4 is 16.0 Å². The van der Waals surface area contributed by atoms with Gasteiger partial charge in [0.05, 0.1) is 18.4 Å². The monoisotopic (exact) mass is 331 g/mol. The number of rotatable bonds is 5. The number of aromatic nitrogens is 4.